The third-order valence-electron chi connectivity index (χ3n) is 4.13. The molecule has 0 fully saturated rings. The topological polar surface area (TPSA) is 64.0 Å². The first-order valence-corrected chi connectivity index (χ1v) is 9.51. The Morgan fingerprint density at radius 1 is 0.960 bits per heavy atom. The molecule has 1 heterocycles. The molecule has 0 bridgehead atoms. The quantitative estimate of drug-likeness (QED) is 0.760. The van der Waals surface area contributed by atoms with Crippen molar-refractivity contribution in [3.05, 3.63) is 77.0 Å². The van der Waals surface area contributed by atoms with Crippen LogP contribution in [0.15, 0.2) is 59.6 Å². The van der Waals surface area contributed by atoms with Gasteiger partial charge in [-0.25, -0.2) is 8.42 Å². The van der Waals surface area contributed by atoms with Gasteiger partial charge in [-0.3, -0.25) is 9.40 Å². The molecule has 0 spiro atoms. The van der Waals surface area contributed by atoms with Crippen LogP contribution in [-0.4, -0.2) is 18.2 Å². The highest BCUT2D eigenvalue weighted by Gasteiger charge is 2.16. The minimum absolute atomic E-state index is 0.240. The Bertz CT molecular complexity index is 990. The molecule has 0 saturated carbocycles. The zero-order chi connectivity index (χ0) is 18.0. The van der Waals surface area contributed by atoms with Crippen LogP contribution in [0.1, 0.15) is 22.3 Å². The summed E-state index contributed by atoms with van der Waals surface area (Å²) in [7, 11) is -3.64. The van der Waals surface area contributed by atoms with Gasteiger partial charge in [0, 0.05) is 12.3 Å². The smallest absolute Gasteiger partial charge is 0.263 e. The maximum absolute atomic E-state index is 12.5. The van der Waals surface area contributed by atoms with E-state index in [4.69, 9.17) is 0 Å². The number of benzene rings is 2. The molecule has 6 heteroatoms. The van der Waals surface area contributed by atoms with Gasteiger partial charge in [0.15, 0.2) is 5.82 Å². The maximum atomic E-state index is 12.5. The van der Waals surface area contributed by atoms with E-state index >= 15 is 0 Å². The molecule has 130 valence electrons. The number of anilines is 1. The van der Waals surface area contributed by atoms with Gasteiger partial charge in [-0.05, 0) is 49.6 Å². The van der Waals surface area contributed by atoms with Crippen LogP contribution >= 0.6 is 0 Å². The van der Waals surface area contributed by atoms with E-state index in [1.807, 2.05) is 45.0 Å². The summed E-state index contributed by atoms with van der Waals surface area (Å²) in [6.07, 6.45) is 1.76. The molecule has 0 aliphatic rings. The van der Waals surface area contributed by atoms with Gasteiger partial charge < -0.3 is 0 Å². The van der Waals surface area contributed by atoms with Crippen LogP contribution in [0.5, 0.6) is 0 Å². The van der Waals surface area contributed by atoms with Crippen LogP contribution in [0.25, 0.3) is 0 Å². The SMILES string of the molecule is Cc1ccc(Cn2ccc(NS(=O)(=O)c3ccc(C)c(C)c3)n2)cc1. The number of sulfonamides is 1. The molecule has 5 nitrogen and oxygen atoms in total. The van der Waals surface area contributed by atoms with Crippen molar-refractivity contribution in [1.29, 1.82) is 0 Å². The zero-order valence-corrected chi connectivity index (χ0v) is 15.3. The molecule has 3 rings (SSSR count). The van der Waals surface area contributed by atoms with Crippen molar-refractivity contribution in [2.75, 3.05) is 4.72 Å². The number of aryl methyl sites for hydroxylation is 3. The number of aromatic nitrogens is 2. The van der Waals surface area contributed by atoms with Gasteiger partial charge in [0.1, 0.15) is 0 Å². The molecule has 1 aromatic heterocycles. The highest BCUT2D eigenvalue weighted by atomic mass is 32.2. The summed E-state index contributed by atoms with van der Waals surface area (Å²) in [6.45, 7) is 6.47. The first-order chi connectivity index (χ1) is 11.8. The van der Waals surface area contributed by atoms with Crippen LogP contribution < -0.4 is 4.72 Å². The lowest BCUT2D eigenvalue weighted by Crippen LogP contribution is -2.14. The van der Waals surface area contributed by atoms with Gasteiger partial charge >= 0.3 is 0 Å². The minimum Gasteiger partial charge on any atom is -0.266 e. The van der Waals surface area contributed by atoms with Gasteiger partial charge in [0.2, 0.25) is 0 Å². The molecular formula is C19H21N3O2S. The molecule has 0 atom stereocenters. The Morgan fingerprint density at radius 2 is 1.68 bits per heavy atom. The molecule has 25 heavy (non-hydrogen) atoms. The van der Waals surface area contributed by atoms with Crippen molar-refractivity contribution < 1.29 is 8.42 Å². The van der Waals surface area contributed by atoms with Crippen molar-refractivity contribution in [3.63, 3.8) is 0 Å². The Morgan fingerprint density at radius 3 is 2.36 bits per heavy atom. The van der Waals surface area contributed by atoms with Crippen molar-refractivity contribution in [3.8, 4) is 0 Å². The first kappa shape index (κ1) is 17.2. The van der Waals surface area contributed by atoms with Gasteiger partial charge in [-0.15, -0.1) is 0 Å². The Balaban J connectivity index is 1.75. The van der Waals surface area contributed by atoms with Crippen molar-refractivity contribution in [2.45, 2.75) is 32.2 Å². The lowest BCUT2D eigenvalue weighted by atomic mass is 10.1. The number of nitrogens with one attached hydrogen (secondary N) is 1. The highest BCUT2D eigenvalue weighted by molar-refractivity contribution is 7.92. The second kappa shape index (κ2) is 6.72. The zero-order valence-electron chi connectivity index (χ0n) is 14.5. The maximum Gasteiger partial charge on any atom is 0.263 e. The fourth-order valence-corrected chi connectivity index (χ4v) is 3.54. The van der Waals surface area contributed by atoms with Crippen LogP contribution in [0.2, 0.25) is 0 Å². The van der Waals surface area contributed by atoms with E-state index in [1.54, 1.807) is 35.1 Å². The lowest BCUT2D eigenvalue weighted by molar-refractivity contribution is 0.600. The molecule has 3 aromatic rings. The largest absolute Gasteiger partial charge is 0.266 e. The number of hydrogen-bond acceptors (Lipinski definition) is 3. The van der Waals surface area contributed by atoms with Crippen molar-refractivity contribution in [1.82, 2.24) is 9.78 Å². The fraction of sp³-hybridized carbons (Fsp3) is 0.211. The van der Waals surface area contributed by atoms with E-state index in [9.17, 15) is 8.42 Å². The molecule has 2 aromatic carbocycles. The summed E-state index contributed by atoms with van der Waals surface area (Å²) in [5.41, 5.74) is 4.30. The summed E-state index contributed by atoms with van der Waals surface area (Å²) >= 11 is 0. The van der Waals surface area contributed by atoms with E-state index in [-0.39, 0.29) is 4.90 Å². The fourth-order valence-electron chi connectivity index (χ4n) is 2.46. The Kier molecular flexibility index (Phi) is 4.63. The molecule has 0 amide bonds. The van der Waals surface area contributed by atoms with E-state index in [2.05, 4.69) is 9.82 Å². The van der Waals surface area contributed by atoms with E-state index in [0.29, 0.717) is 12.4 Å². The monoisotopic (exact) mass is 355 g/mol. The van der Waals surface area contributed by atoms with Crippen LogP contribution in [-0.2, 0) is 16.6 Å². The lowest BCUT2D eigenvalue weighted by Gasteiger charge is -2.08. The molecule has 1 N–H and O–H groups in total. The predicted molar refractivity (Wildman–Crippen MR) is 99.2 cm³/mol. The molecular weight excluding hydrogens is 334 g/mol. The number of rotatable bonds is 5. The third-order valence-corrected chi connectivity index (χ3v) is 5.49. The average molecular weight is 355 g/mol. The van der Waals surface area contributed by atoms with Gasteiger partial charge in [-0.2, -0.15) is 5.10 Å². The third kappa shape index (κ3) is 4.09. The predicted octanol–water partition coefficient (Wildman–Crippen LogP) is 3.66. The van der Waals surface area contributed by atoms with E-state index < -0.39 is 10.0 Å². The standard InChI is InChI=1S/C19H21N3O2S/c1-14-4-7-17(8-5-14)13-22-11-10-19(20-22)21-25(23,24)18-9-6-15(2)16(3)12-18/h4-12H,13H2,1-3H3,(H,20,21). The van der Waals surface area contributed by atoms with Gasteiger partial charge in [0.25, 0.3) is 10.0 Å². The Labute approximate surface area is 148 Å². The average Bonchev–Trinajstić information content (AvgIpc) is 2.98. The van der Waals surface area contributed by atoms with Gasteiger partial charge in [-0.1, -0.05) is 35.9 Å². The molecule has 0 aliphatic heterocycles. The summed E-state index contributed by atoms with van der Waals surface area (Å²) in [5.74, 6) is 0.310. The van der Waals surface area contributed by atoms with E-state index in [1.165, 1.54) is 5.56 Å². The number of hydrogen-bond donors (Lipinski definition) is 1. The van der Waals surface area contributed by atoms with Crippen LogP contribution in [0, 0.1) is 20.8 Å². The first-order valence-electron chi connectivity index (χ1n) is 8.02. The molecule has 0 radical (unpaired) electrons. The van der Waals surface area contributed by atoms with Crippen LogP contribution in [0.3, 0.4) is 0 Å². The Hall–Kier alpha value is -2.60. The summed E-state index contributed by atoms with van der Waals surface area (Å²) in [6, 6.07) is 14.9. The summed E-state index contributed by atoms with van der Waals surface area (Å²) in [4.78, 5) is 0.240. The van der Waals surface area contributed by atoms with Crippen molar-refractivity contribution in [2.24, 2.45) is 0 Å². The second-order valence-electron chi connectivity index (χ2n) is 6.24. The second-order valence-corrected chi connectivity index (χ2v) is 7.92. The van der Waals surface area contributed by atoms with Crippen LogP contribution in [0.4, 0.5) is 5.82 Å². The molecule has 0 saturated heterocycles. The minimum atomic E-state index is -3.64. The van der Waals surface area contributed by atoms with Gasteiger partial charge in [0.05, 0.1) is 11.4 Å². The van der Waals surface area contributed by atoms with E-state index in [0.717, 1.165) is 16.7 Å². The van der Waals surface area contributed by atoms with Crippen molar-refractivity contribution >= 4 is 15.8 Å². The molecule has 0 aliphatic carbocycles. The number of nitrogens with zero attached hydrogens (tertiary/aromatic N) is 2. The molecule has 0 unspecified atom stereocenters. The summed E-state index contributed by atoms with van der Waals surface area (Å²) in [5, 5.41) is 4.31. The highest BCUT2D eigenvalue weighted by Crippen LogP contribution is 2.18. The normalized spacial score (nSPS) is 11.5. The summed E-state index contributed by atoms with van der Waals surface area (Å²) < 4.78 is 29.3.